The molecule has 81 valence electrons. The second-order valence-corrected chi connectivity index (χ2v) is 3.79. The highest BCUT2D eigenvalue weighted by atomic mass is 16.6. The van der Waals surface area contributed by atoms with Crippen molar-refractivity contribution in [2.75, 3.05) is 0 Å². The Morgan fingerprint density at radius 1 is 1.25 bits per heavy atom. The van der Waals surface area contributed by atoms with Gasteiger partial charge in [-0.1, -0.05) is 42.5 Å². The molecule has 1 atom stereocenters. The van der Waals surface area contributed by atoms with Gasteiger partial charge < -0.3 is 0 Å². The molecule has 0 fully saturated rings. The van der Waals surface area contributed by atoms with Crippen molar-refractivity contribution < 1.29 is 4.92 Å². The predicted molar refractivity (Wildman–Crippen MR) is 62.3 cm³/mol. The summed E-state index contributed by atoms with van der Waals surface area (Å²) in [6.45, 7) is 1.78. The molecule has 0 N–H and O–H groups in total. The van der Waals surface area contributed by atoms with Crippen molar-refractivity contribution in [1.29, 1.82) is 0 Å². The number of allylic oxidation sites excluding steroid dienone is 2. The lowest BCUT2D eigenvalue weighted by atomic mass is 9.89. The van der Waals surface area contributed by atoms with Crippen LogP contribution in [-0.2, 0) is 0 Å². The van der Waals surface area contributed by atoms with Crippen molar-refractivity contribution in [2.45, 2.75) is 12.8 Å². The molecule has 1 aromatic carbocycles. The number of benzene rings is 1. The second kappa shape index (κ2) is 4.31. The predicted octanol–water partition coefficient (Wildman–Crippen LogP) is 3.09. The van der Waals surface area contributed by atoms with Gasteiger partial charge in [0.25, 0.3) is 0 Å². The van der Waals surface area contributed by atoms with Gasteiger partial charge in [-0.3, -0.25) is 10.1 Å². The average molecular weight is 214 g/mol. The molecule has 3 nitrogen and oxygen atoms in total. The standard InChI is InChI=1S/C13H12NO2/c1-10-9-12(7-8-13(10)14(15)16)11-5-3-2-4-6-11/h2-9,12H,1H3. The molecule has 16 heavy (non-hydrogen) atoms. The Balaban J connectivity index is 2.24. The molecule has 0 heterocycles. The molecule has 1 unspecified atom stereocenters. The average Bonchev–Trinajstić information content (AvgIpc) is 2.29. The lowest BCUT2D eigenvalue weighted by molar-refractivity contribution is -0.450. The van der Waals surface area contributed by atoms with E-state index in [1.807, 2.05) is 42.5 Å². The third kappa shape index (κ3) is 2.03. The van der Waals surface area contributed by atoms with Crippen molar-refractivity contribution in [3.8, 4) is 0 Å². The fourth-order valence-electron chi connectivity index (χ4n) is 1.82. The van der Waals surface area contributed by atoms with Crippen LogP contribution in [-0.4, -0.2) is 4.92 Å². The molecule has 0 bridgehead atoms. The smallest absolute Gasteiger partial charge is 0.263 e. The van der Waals surface area contributed by atoms with Gasteiger partial charge in [0.15, 0.2) is 0 Å². The van der Waals surface area contributed by atoms with Crippen molar-refractivity contribution in [3.63, 3.8) is 0 Å². The minimum Gasteiger partial charge on any atom is -0.263 e. The van der Waals surface area contributed by atoms with E-state index in [9.17, 15) is 10.1 Å². The Kier molecular flexibility index (Phi) is 2.86. The fraction of sp³-hybridized carbons (Fsp3) is 0.154. The van der Waals surface area contributed by atoms with Crippen LogP contribution >= 0.6 is 0 Å². The molecule has 0 saturated carbocycles. The van der Waals surface area contributed by atoms with E-state index >= 15 is 0 Å². The van der Waals surface area contributed by atoms with Gasteiger partial charge in [-0.05, 0) is 12.5 Å². The van der Waals surface area contributed by atoms with Crippen LogP contribution in [0, 0.1) is 16.2 Å². The van der Waals surface area contributed by atoms with Gasteiger partial charge in [-0.15, -0.1) is 0 Å². The molecular weight excluding hydrogens is 202 g/mol. The van der Waals surface area contributed by atoms with Gasteiger partial charge >= 0.3 is 6.04 Å². The summed E-state index contributed by atoms with van der Waals surface area (Å²) in [7, 11) is 0. The highest BCUT2D eigenvalue weighted by molar-refractivity contribution is 5.40. The van der Waals surface area contributed by atoms with Crippen LogP contribution in [0.4, 0.5) is 0 Å². The minimum absolute atomic E-state index is 0.143. The zero-order valence-corrected chi connectivity index (χ0v) is 8.96. The summed E-state index contributed by atoms with van der Waals surface area (Å²) >= 11 is 0. The van der Waals surface area contributed by atoms with Crippen LogP contribution < -0.4 is 0 Å². The molecule has 0 amide bonds. The quantitative estimate of drug-likeness (QED) is 0.560. The van der Waals surface area contributed by atoms with E-state index < -0.39 is 0 Å². The summed E-state index contributed by atoms with van der Waals surface area (Å²) in [5.74, 6) is 0.143. The van der Waals surface area contributed by atoms with Crippen molar-refractivity contribution in [3.05, 3.63) is 75.9 Å². The number of nitrogens with zero attached hydrogens (tertiary/aromatic N) is 1. The molecule has 1 radical (unpaired) electrons. The molecular formula is C13H12NO2. The summed E-state index contributed by atoms with van der Waals surface area (Å²) in [6.07, 6.45) is 5.38. The molecule has 1 aliphatic rings. The van der Waals surface area contributed by atoms with Gasteiger partial charge in [0.2, 0.25) is 0 Å². The third-order valence-corrected chi connectivity index (χ3v) is 2.68. The van der Waals surface area contributed by atoms with Crippen molar-refractivity contribution in [2.24, 2.45) is 0 Å². The molecule has 1 aromatic rings. The molecule has 0 aromatic heterocycles. The normalized spacial score (nSPS) is 20.6. The van der Waals surface area contributed by atoms with E-state index in [1.165, 1.54) is 0 Å². The molecule has 1 aliphatic carbocycles. The van der Waals surface area contributed by atoms with E-state index in [2.05, 4.69) is 0 Å². The van der Waals surface area contributed by atoms with Crippen molar-refractivity contribution >= 4 is 0 Å². The van der Waals surface area contributed by atoms with Crippen molar-refractivity contribution in [1.82, 2.24) is 0 Å². The number of nitro groups is 1. The fourth-order valence-corrected chi connectivity index (χ4v) is 1.82. The van der Waals surface area contributed by atoms with E-state index in [0.717, 1.165) is 11.1 Å². The van der Waals surface area contributed by atoms with Crippen LogP contribution in [0.3, 0.4) is 0 Å². The number of rotatable bonds is 2. The highest BCUT2D eigenvalue weighted by Crippen LogP contribution is 2.29. The zero-order valence-electron chi connectivity index (χ0n) is 8.96. The van der Waals surface area contributed by atoms with Crippen LogP contribution in [0.25, 0.3) is 0 Å². The minimum atomic E-state index is -0.344. The molecule has 0 aliphatic heterocycles. The Morgan fingerprint density at radius 2 is 1.94 bits per heavy atom. The Hall–Kier alpha value is -1.90. The van der Waals surface area contributed by atoms with Gasteiger partial charge in [-0.25, -0.2) is 0 Å². The first-order valence-electron chi connectivity index (χ1n) is 5.12. The molecule has 3 heteroatoms. The topological polar surface area (TPSA) is 43.1 Å². The third-order valence-electron chi connectivity index (χ3n) is 2.68. The Morgan fingerprint density at radius 3 is 2.50 bits per heavy atom. The van der Waals surface area contributed by atoms with Crippen LogP contribution in [0.1, 0.15) is 18.4 Å². The van der Waals surface area contributed by atoms with Crippen LogP contribution in [0.2, 0.25) is 0 Å². The van der Waals surface area contributed by atoms with Gasteiger partial charge in [-0.2, -0.15) is 0 Å². The van der Waals surface area contributed by atoms with Crippen LogP contribution in [0.15, 0.2) is 54.1 Å². The second-order valence-electron chi connectivity index (χ2n) is 3.79. The highest BCUT2D eigenvalue weighted by Gasteiger charge is 2.26. The van der Waals surface area contributed by atoms with E-state index in [4.69, 9.17) is 0 Å². The maximum atomic E-state index is 10.7. The van der Waals surface area contributed by atoms with E-state index in [-0.39, 0.29) is 16.9 Å². The van der Waals surface area contributed by atoms with Crippen LogP contribution in [0.5, 0.6) is 0 Å². The SMILES string of the molecule is CC1=CC(c2ccccc2)C=C[C]1[N+](=O)[O-]. The molecule has 0 spiro atoms. The number of hydrogen-bond acceptors (Lipinski definition) is 2. The maximum Gasteiger partial charge on any atom is 0.337 e. The summed E-state index contributed by atoms with van der Waals surface area (Å²) < 4.78 is 0. The van der Waals surface area contributed by atoms with Gasteiger partial charge in [0.1, 0.15) is 0 Å². The maximum absolute atomic E-state index is 10.7. The summed E-state index contributed by atoms with van der Waals surface area (Å²) in [4.78, 5) is 10.3. The van der Waals surface area contributed by atoms with Gasteiger partial charge in [0, 0.05) is 22.5 Å². The van der Waals surface area contributed by atoms with Gasteiger partial charge in [0.05, 0.1) is 0 Å². The Labute approximate surface area is 94.3 Å². The monoisotopic (exact) mass is 214 g/mol. The first-order chi connectivity index (χ1) is 7.68. The lowest BCUT2D eigenvalue weighted by Gasteiger charge is -2.15. The first-order valence-corrected chi connectivity index (χ1v) is 5.12. The Bertz CT molecular complexity index is 448. The molecule has 2 rings (SSSR count). The zero-order chi connectivity index (χ0) is 11.5. The summed E-state index contributed by atoms with van der Waals surface area (Å²) in [6, 6.07) is 10.1. The lowest BCUT2D eigenvalue weighted by Crippen LogP contribution is -2.12. The van der Waals surface area contributed by atoms with E-state index in [1.54, 1.807) is 13.0 Å². The largest absolute Gasteiger partial charge is 0.337 e. The van der Waals surface area contributed by atoms with E-state index in [0.29, 0.717) is 0 Å². The number of hydrogen-bond donors (Lipinski definition) is 0. The summed E-state index contributed by atoms with van der Waals surface area (Å²) in [5, 5.41) is 10.7. The molecule has 0 saturated heterocycles. The summed E-state index contributed by atoms with van der Waals surface area (Å²) in [5.41, 5.74) is 1.88. The first kappa shape index (κ1) is 10.6.